The number of hydrogen-bond donors (Lipinski definition) is 2. The minimum Gasteiger partial charge on any atom is -0.367 e. The average molecular weight is 462 g/mol. The molecule has 0 spiro atoms. The Kier molecular flexibility index (Phi) is 7.83. The number of carbonyl (C=O) groups excluding carboxylic acids is 2. The highest BCUT2D eigenvalue weighted by Crippen LogP contribution is 2.25. The molecule has 0 unspecified atom stereocenters. The fourth-order valence-corrected chi connectivity index (χ4v) is 4.14. The molecule has 34 heavy (non-hydrogen) atoms. The largest absolute Gasteiger partial charge is 0.367 e. The highest BCUT2D eigenvalue weighted by atomic mass is 19.1. The Labute approximate surface area is 198 Å². The van der Waals surface area contributed by atoms with Crippen LogP contribution in [-0.2, 0) is 16.1 Å². The first-order valence-electron chi connectivity index (χ1n) is 11.3. The minimum atomic E-state index is -0.671. The van der Waals surface area contributed by atoms with Gasteiger partial charge in [-0.3, -0.25) is 19.5 Å². The van der Waals surface area contributed by atoms with E-state index in [4.69, 9.17) is 0 Å². The Balaban J connectivity index is 1.36. The van der Waals surface area contributed by atoms with Crippen molar-refractivity contribution in [3.05, 3.63) is 96.1 Å². The van der Waals surface area contributed by atoms with Gasteiger partial charge in [-0.15, -0.1) is 0 Å². The van der Waals surface area contributed by atoms with E-state index in [0.29, 0.717) is 31.9 Å². The SMILES string of the molecule is O=C(NCc1ccccc1)C(=O)NC[C@H](c1cccnc1)N1CCN(c2ccccc2F)CC1. The van der Waals surface area contributed by atoms with Crippen LogP contribution in [0.1, 0.15) is 17.2 Å². The molecule has 1 saturated heterocycles. The summed E-state index contributed by atoms with van der Waals surface area (Å²) < 4.78 is 14.2. The molecule has 2 amide bonds. The number of halogens is 1. The van der Waals surface area contributed by atoms with Crippen LogP contribution in [0.3, 0.4) is 0 Å². The number of hydrogen-bond acceptors (Lipinski definition) is 5. The van der Waals surface area contributed by atoms with E-state index in [1.807, 2.05) is 53.4 Å². The van der Waals surface area contributed by atoms with Crippen molar-refractivity contribution in [3.63, 3.8) is 0 Å². The van der Waals surface area contributed by atoms with E-state index in [1.165, 1.54) is 6.07 Å². The second-order valence-corrected chi connectivity index (χ2v) is 8.15. The number of piperazine rings is 1. The van der Waals surface area contributed by atoms with Gasteiger partial charge < -0.3 is 15.5 Å². The Bertz CT molecular complexity index is 1090. The molecule has 176 valence electrons. The first kappa shape index (κ1) is 23.4. The maximum absolute atomic E-state index is 14.2. The number of nitrogens with zero attached hydrogens (tertiary/aromatic N) is 3. The van der Waals surface area contributed by atoms with Gasteiger partial charge in [-0.25, -0.2) is 4.39 Å². The number of benzene rings is 2. The van der Waals surface area contributed by atoms with Gasteiger partial charge in [0.15, 0.2) is 0 Å². The van der Waals surface area contributed by atoms with Gasteiger partial charge in [0.2, 0.25) is 0 Å². The second kappa shape index (κ2) is 11.4. The second-order valence-electron chi connectivity index (χ2n) is 8.15. The van der Waals surface area contributed by atoms with Crippen LogP contribution in [0.25, 0.3) is 0 Å². The standard InChI is InChI=1S/C26H28FN5O2/c27-22-10-4-5-11-23(22)31-13-15-32(16-14-31)24(21-9-6-12-28-18-21)19-30-26(34)25(33)29-17-20-7-2-1-3-8-20/h1-12,18,24H,13-17,19H2,(H,29,33)(H,30,34)/t24-/m1/s1. The highest BCUT2D eigenvalue weighted by Gasteiger charge is 2.27. The molecule has 8 heteroatoms. The lowest BCUT2D eigenvalue weighted by Crippen LogP contribution is -2.51. The maximum Gasteiger partial charge on any atom is 0.309 e. The third-order valence-electron chi connectivity index (χ3n) is 5.98. The van der Waals surface area contributed by atoms with E-state index in [0.717, 1.165) is 11.1 Å². The molecule has 2 N–H and O–H groups in total. The average Bonchev–Trinajstić information content (AvgIpc) is 2.89. The summed E-state index contributed by atoms with van der Waals surface area (Å²) in [5.74, 6) is -1.57. The molecule has 1 atom stereocenters. The normalized spacial score (nSPS) is 14.9. The van der Waals surface area contributed by atoms with Gasteiger partial charge in [0.05, 0.1) is 11.7 Å². The van der Waals surface area contributed by atoms with Gasteiger partial charge in [-0.05, 0) is 29.3 Å². The van der Waals surface area contributed by atoms with E-state index in [9.17, 15) is 14.0 Å². The molecular weight excluding hydrogens is 433 g/mol. The van der Waals surface area contributed by atoms with E-state index in [1.54, 1.807) is 24.5 Å². The molecule has 4 rings (SSSR count). The minimum absolute atomic E-state index is 0.151. The third-order valence-corrected chi connectivity index (χ3v) is 5.98. The van der Waals surface area contributed by atoms with Crippen LogP contribution in [-0.4, -0.2) is 54.4 Å². The van der Waals surface area contributed by atoms with Crippen LogP contribution < -0.4 is 15.5 Å². The first-order chi connectivity index (χ1) is 16.6. The van der Waals surface area contributed by atoms with Crippen LogP contribution in [0, 0.1) is 5.82 Å². The number of rotatable bonds is 7. The number of anilines is 1. The zero-order chi connectivity index (χ0) is 23.8. The van der Waals surface area contributed by atoms with Crippen LogP contribution in [0.4, 0.5) is 10.1 Å². The van der Waals surface area contributed by atoms with E-state index in [-0.39, 0.29) is 24.9 Å². The van der Waals surface area contributed by atoms with Crippen molar-refractivity contribution in [3.8, 4) is 0 Å². The molecule has 0 aliphatic carbocycles. The summed E-state index contributed by atoms with van der Waals surface area (Å²) >= 11 is 0. The molecule has 1 aliphatic rings. The van der Waals surface area contributed by atoms with Crippen molar-refractivity contribution in [1.82, 2.24) is 20.5 Å². The molecule has 3 aromatic rings. The zero-order valence-electron chi connectivity index (χ0n) is 18.9. The Hall–Kier alpha value is -3.78. The molecule has 0 radical (unpaired) electrons. The predicted octanol–water partition coefficient (Wildman–Crippen LogP) is 2.52. The summed E-state index contributed by atoms with van der Waals surface area (Å²) in [6, 6.07) is 19.9. The van der Waals surface area contributed by atoms with Crippen LogP contribution in [0.2, 0.25) is 0 Å². The van der Waals surface area contributed by atoms with Crippen molar-refractivity contribution < 1.29 is 14.0 Å². The third kappa shape index (κ3) is 5.96. The van der Waals surface area contributed by atoms with Crippen molar-refractivity contribution in [2.75, 3.05) is 37.6 Å². The highest BCUT2D eigenvalue weighted by molar-refractivity contribution is 6.35. The van der Waals surface area contributed by atoms with Crippen LogP contribution >= 0.6 is 0 Å². The lowest BCUT2D eigenvalue weighted by molar-refractivity contribution is -0.139. The van der Waals surface area contributed by atoms with Gasteiger partial charge in [-0.2, -0.15) is 0 Å². The zero-order valence-corrected chi connectivity index (χ0v) is 18.9. The van der Waals surface area contributed by atoms with Gasteiger partial charge in [0.1, 0.15) is 5.82 Å². The van der Waals surface area contributed by atoms with Gasteiger partial charge in [-0.1, -0.05) is 48.5 Å². The maximum atomic E-state index is 14.2. The van der Waals surface area contributed by atoms with E-state index >= 15 is 0 Å². The molecule has 0 saturated carbocycles. The van der Waals surface area contributed by atoms with Gasteiger partial charge in [0, 0.05) is 51.7 Å². The summed E-state index contributed by atoms with van der Waals surface area (Å²) in [7, 11) is 0. The summed E-state index contributed by atoms with van der Waals surface area (Å²) in [5, 5.41) is 5.42. The van der Waals surface area contributed by atoms with E-state index < -0.39 is 11.8 Å². The summed E-state index contributed by atoms with van der Waals surface area (Å²) in [6.07, 6.45) is 3.47. The summed E-state index contributed by atoms with van der Waals surface area (Å²) in [6.45, 7) is 3.24. The molecule has 2 heterocycles. The lowest BCUT2D eigenvalue weighted by atomic mass is 10.1. The van der Waals surface area contributed by atoms with Crippen molar-refractivity contribution in [1.29, 1.82) is 0 Å². The van der Waals surface area contributed by atoms with Gasteiger partial charge >= 0.3 is 11.8 Å². The number of para-hydroxylation sites is 1. The fourth-order valence-electron chi connectivity index (χ4n) is 4.14. The number of amides is 2. The molecule has 1 aromatic heterocycles. The van der Waals surface area contributed by atoms with Crippen LogP contribution in [0.15, 0.2) is 79.1 Å². The topological polar surface area (TPSA) is 77.6 Å². The molecule has 1 fully saturated rings. The monoisotopic (exact) mass is 461 g/mol. The predicted molar refractivity (Wildman–Crippen MR) is 128 cm³/mol. The Morgan fingerprint density at radius 3 is 2.29 bits per heavy atom. The van der Waals surface area contributed by atoms with Crippen molar-refractivity contribution in [2.24, 2.45) is 0 Å². The summed E-state index contributed by atoms with van der Waals surface area (Å²) in [5.41, 5.74) is 2.47. The van der Waals surface area contributed by atoms with Gasteiger partial charge in [0.25, 0.3) is 0 Å². The lowest BCUT2D eigenvalue weighted by Gasteiger charge is -2.40. The van der Waals surface area contributed by atoms with Crippen LogP contribution in [0.5, 0.6) is 0 Å². The molecule has 0 bridgehead atoms. The smallest absolute Gasteiger partial charge is 0.309 e. The summed E-state index contributed by atoms with van der Waals surface area (Å²) in [4.78, 5) is 33.2. The number of nitrogens with one attached hydrogen (secondary N) is 2. The number of pyridine rings is 1. The first-order valence-corrected chi connectivity index (χ1v) is 11.3. The molecule has 7 nitrogen and oxygen atoms in total. The van der Waals surface area contributed by atoms with Crippen molar-refractivity contribution in [2.45, 2.75) is 12.6 Å². The fraction of sp³-hybridized carbons (Fsp3) is 0.269. The van der Waals surface area contributed by atoms with E-state index in [2.05, 4.69) is 20.5 Å². The number of aromatic nitrogens is 1. The number of carbonyl (C=O) groups is 2. The molecular formula is C26H28FN5O2. The molecule has 2 aromatic carbocycles. The Morgan fingerprint density at radius 2 is 1.59 bits per heavy atom. The quantitative estimate of drug-likeness (QED) is 0.529. The van der Waals surface area contributed by atoms with Crippen molar-refractivity contribution >= 4 is 17.5 Å². The molecule has 1 aliphatic heterocycles. The Morgan fingerprint density at radius 1 is 0.882 bits per heavy atom.